The summed E-state index contributed by atoms with van der Waals surface area (Å²) in [7, 11) is 6.73. The predicted octanol–water partition coefficient (Wildman–Crippen LogP) is 2.66. The lowest BCUT2D eigenvalue weighted by molar-refractivity contribution is -0.148. The molecule has 0 spiro atoms. The number of phenolic OH excluding ortho intramolecular Hbond substituents is 1. The van der Waals surface area contributed by atoms with E-state index >= 15 is 0 Å². The molecule has 13 heteroatoms. The Kier molecular flexibility index (Phi) is 8.47. The Morgan fingerprint density at radius 1 is 1.00 bits per heavy atom. The summed E-state index contributed by atoms with van der Waals surface area (Å²) in [5.41, 5.74) is 2.99. The summed E-state index contributed by atoms with van der Waals surface area (Å²) in [5.74, 6) is -7.78. The van der Waals surface area contributed by atoms with E-state index in [0.717, 1.165) is 19.3 Å². The molecule has 0 radical (unpaired) electrons. The molecule has 7 N–H and O–H groups in total. The van der Waals surface area contributed by atoms with Gasteiger partial charge in [-0.1, -0.05) is 27.7 Å². The second kappa shape index (κ2) is 11.8. The molecule has 6 rings (SSSR count). The molecular formula is C37H51N5O8. The molecule has 2 amide bonds. The van der Waals surface area contributed by atoms with Crippen molar-refractivity contribution in [1.29, 1.82) is 0 Å². The van der Waals surface area contributed by atoms with E-state index in [9.17, 15) is 39.6 Å². The van der Waals surface area contributed by atoms with Crippen LogP contribution >= 0.6 is 0 Å². The number of ketones is 2. The second-order valence-corrected chi connectivity index (χ2v) is 17.2. The lowest BCUT2D eigenvalue weighted by Gasteiger charge is -2.52. The number of Topliss-reactive ketones (excluding diaryl/α,β-unsaturated/α-hetero) is 2. The van der Waals surface area contributed by atoms with E-state index in [1.54, 1.807) is 39.2 Å². The Hall–Kier alpha value is -3.94. The monoisotopic (exact) mass is 693 g/mol. The number of likely N-dealkylation sites (N-methyl/N-ethyl adjacent to an activating group) is 1. The first kappa shape index (κ1) is 35.9. The number of aliphatic hydroxyl groups is 3. The number of carbonyl (C=O) groups excluding carboxylic acids is 4. The van der Waals surface area contributed by atoms with Crippen LogP contribution in [0.15, 0.2) is 28.7 Å². The molecule has 2 fully saturated rings. The first-order chi connectivity index (χ1) is 23.1. The molecule has 1 aromatic rings. The summed E-state index contributed by atoms with van der Waals surface area (Å²) < 4.78 is 0. The van der Waals surface area contributed by atoms with Crippen molar-refractivity contribution < 1.29 is 39.6 Å². The topological polar surface area (TPSA) is 197 Å². The SMILES string of the molecule is CN(C)c1cc(NC(=O)C2CN(C3CC(C)(C)CC(C)(C)C3)C2)c(O)c2c1C[C@H]1C[C@H]3[C@H](N(C)C)C(O)=C(C(N)=O)C(=O)[C@@]3(O)C(O)=C1C2=O. The van der Waals surface area contributed by atoms with Crippen LogP contribution in [0.25, 0.3) is 0 Å². The van der Waals surface area contributed by atoms with Crippen LogP contribution in [0.3, 0.4) is 0 Å². The number of phenols is 1. The number of benzene rings is 1. The Bertz CT molecular complexity index is 1740. The Morgan fingerprint density at radius 2 is 1.60 bits per heavy atom. The molecule has 1 saturated carbocycles. The van der Waals surface area contributed by atoms with Crippen LogP contribution in [0.2, 0.25) is 0 Å². The highest BCUT2D eigenvalue weighted by molar-refractivity contribution is 6.25. The summed E-state index contributed by atoms with van der Waals surface area (Å²) >= 11 is 0. The number of hydrogen-bond acceptors (Lipinski definition) is 11. The number of likely N-dealkylation sites (tertiary alicyclic amines) is 1. The van der Waals surface area contributed by atoms with Crippen molar-refractivity contribution in [1.82, 2.24) is 9.80 Å². The maximum Gasteiger partial charge on any atom is 0.255 e. The van der Waals surface area contributed by atoms with Crippen molar-refractivity contribution in [2.75, 3.05) is 51.5 Å². The molecule has 0 aromatic heterocycles. The van der Waals surface area contributed by atoms with Gasteiger partial charge in [-0.25, -0.2) is 0 Å². The third-order valence-corrected chi connectivity index (χ3v) is 11.8. The number of primary amides is 1. The van der Waals surface area contributed by atoms with Crippen LogP contribution in [0, 0.1) is 28.6 Å². The number of aliphatic hydroxyl groups excluding tert-OH is 2. The largest absolute Gasteiger partial charge is 0.510 e. The first-order valence-corrected chi connectivity index (χ1v) is 17.4. The molecule has 4 atom stereocenters. The number of anilines is 2. The first-order valence-electron chi connectivity index (χ1n) is 17.4. The zero-order valence-electron chi connectivity index (χ0n) is 30.3. The molecule has 4 aliphatic carbocycles. The number of nitrogens with zero attached hydrogens (tertiary/aromatic N) is 3. The van der Waals surface area contributed by atoms with Gasteiger partial charge < -0.3 is 36.4 Å². The van der Waals surface area contributed by atoms with Crippen LogP contribution in [-0.4, -0.2) is 113 Å². The highest BCUT2D eigenvalue weighted by atomic mass is 16.3. The third kappa shape index (κ3) is 5.48. The Labute approximate surface area is 292 Å². The Balaban J connectivity index is 1.32. The number of aromatic hydroxyl groups is 1. The molecule has 1 aliphatic heterocycles. The van der Waals surface area contributed by atoms with Crippen molar-refractivity contribution in [3.05, 3.63) is 39.9 Å². The highest BCUT2D eigenvalue weighted by Gasteiger charge is 2.63. The number of hydrogen-bond donors (Lipinski definition) is 6. The van der Waals surface area contributed by atoms with E-state index < -0.39 is 63.8 Å². The molecule has 5 aliphatic rings. The number of carbonyl (C=O) groups is 4. The molecular weight excluding hydrogens is 642 g/mol. The van der Waals surface area contributed by atoms with Crippen molar-refractivity contribution in [3.63, 3.8) is 0 Å². The number of amides is 2. The van der Waals surface area contributed by atoms with E-state index in [-0.39, 0.29) is 52.3 Å². The minimum atomic E-state index is -2.73. The number of nitrogens with one attached hydrogen (secondary N) is 1. The van der Waals surface area contributed by atoms with Crippen molar-refractivity contribution in [3.8, 4) is 5.75 Å². The van der Waals surface area contributed by atoms with Crippen LogP contribution in [0.4, 0.5) is 11.4 Å². The van der Waals surface area contributed by atoms with Crippen molar-refractivity contribution >= 4 is 34.8 Å². The average molecular weight is 694 g/mol. The summed E-state index contributed by atoms with van der Waals surface area (Å²) in [4.78, 5) is 59.4. The predicted molar refractivity (Wildman–Crippen MR) is 187 cm³/mol. The smallest absolute Gasteiger partial charge is 0.255 e. The fourth-order valence-corrected chi connectivity index (χ4v) is 10.1. The highest BCUT2D eigenvalue weighted by Crippen LogP contribution is 2.54. The third-order valence-electron chi connectivity index (χ3n) is 11.8. The minimum absolute atomic E-state index is 0.00851. The fraction of sp³-hybridized carbons (Fsp3) is 0.622. The molecule has 1 saturated heterocycles. The van der Waals surface area contributed by atoms with Gasteiger partial charge in [-0.05, 0) is 74.6 Å². The van der Waals surface area contributed by atoms with Crippen molar-refractivity contribution in [2.24, 2.45) is 34.3 Å². The van der Waals surface area contributed by atoms with Gasteiger partial charge in [0, 0.05) is 50.4 Å². The van der Waals surface area contributed by atoms with Gasteiger partial charge in [0.1, 0.15) is 17.1 Å². The standard InChI is InChI=1S/C37H51N5O8/c1-35(2)12-19(13-36(3,4)16-35)42-14-18(15-42)34(49)39-22-11-23(40(5)6)20-9-17-10-21-27(41(7)8)30(45)26(33(38)48)32(47)37(21,50)31(46)24(17)29(44)25(20)28(22)43/h11,17-19,21,27,43,45-46,50H,9-10,12-16H2,1-8H3,(H2,38,48)(H,39,49)/t17-,21-,27-,37-/m0/s1. The van der Waals surface area contributed by atoms with Gasteiger partial charge in [0.05, 0.1) is 23.2 Å². The van der Waals surface area contributed by atoms with Crippen LogP contribution in [0.1, 0.15) is 69.3 Å². The lowest BCUT2D eigenvalue weighted by atomic mass is 9.58. The quantitative estimate of drug-likeness (QED) is 0.189. The lowest BCUT2D eigenvalue weighted by Crippen LogP contribution is -2.63. The van der Waals surface area contributed by atoms with E-state index in [1.165, 1.54) is 4.90 Å². The summed E-state index contributed by atoms with van der Waals surface area (Å²) in [5, 5.41) is 49.0. The normalized spacial score (nSPS) is 29.7. The molecule has 0 bridgehead atoms. The Morgan fingerprint density at radius 3 is 2.14 bits per heavy atom. The van der Waals surface area contributed by atoms with Gasteiger partial charge in [0.2, 0.25) is 11.7 Å². The van der Waals surface area contributed by atoms with E-state index in [0.29, 0.717) is 30.4 Å². The number of rotatable bonds is 6. The molecule has 1 heterocycles. The minimum Gasteiger partial charge on any atom is -0.510 e. The van der Waals surface area contributed by atoms with E-state index in [1.807, 2.05) is 0 Å². The maximum atomic E-state index is 14.3. The van der Waals surface area contributed by atoms with Crippen LogP contribution in [-0.2, 0) is 20.8 Å². The fourth-order valence-electron chi connectivity index (χ4n) is 10.1. The van der Waals surface area contributed by atoms with Gasteiger partial charge in [-0.3, -0.25) is 29.0 Å². The maximum absolute atomic E-state index is 14.3. The number of nitrogens with two attached hydrogens (primary N) is 1. The van der Waals surface area contributed by atoms with Gasteiger partial charge in [0.15, 0.2) is 17.1 Å². The van der Waals surface area contributed by atoms with E-state index in [2.05, 4.69) is 37.9 Å². The average Bonchev–Trinajstić information content (AvgIpc) is 2.93. The molecule has 13 nitrogen and oxygen atoms in total. The number of fused-ring (bicyclic) bond motifs is 3. The summed E-state index contributed by atoms with van der Waals surface area (Å²) in [6.07, 6.45) is 3.41. The molecule has 50 heavy (non-hydrogen) atoms. The van der Waals surface area contributed by atoms with Gasteiger partial charge in [0.25, 0.3) is 5.91 Å². The van der Waals surface area contributed by atoms with E-state index in [4.69, 9.17) is 5.73 Å². The van der Waals surface area contributed by atoms with Gasteiger partial charge in [-0.15, -0.1) is 0 Å². The second-order valence-electron chi connectivity index (χ2n) is 17.2. The van der Waals surface area contributed by atoms with Crippen molar-refractivity contribution in [2.45, 2.75) is 77.5 Å². The molecule has 1 aromatic carbocycles. The van der Waals surface area contributed by atoms with Gasteiger partial charge in [-0.2, -0.15) is 0 Å². The van der Waals surface area contributed by atoms with Gasteiger partial charge >= 0.3 is 0 Å². The summed E-state index contributed by atoms with van der Waals surface area (Å²) in [6.45, 7) is 10.4. The zero-order valence-corrected chi connectivity index (χ0v) is 30.3. The van der Waals surface area contributed by atoms with Crippen LogP contribution < -0.4 is 16.0 Å². The molecule has 272 valence electrons. The zero-order chi connectivity index (χ0) is 37.0. The summed E-state index contributed by atoms with van der Waals surface area (Å²) in [6, 6.07) is 0.948. The van der Waals surface area contributed by atoms with Crippen LogP contribution in [0.5, 0.6) is 5.75 Å². The molecule has 0 unspecified atom stereocenters. The number of allylic oxidation sites excluding steroid dienone is 1.